The number of nitrogens with zero attached hydrogens (tertiary/aromatic N) is 3. The molecule has 2 aromatic rings. The van der Waals surface area contributed by atoms with Crippen LogP contribution in [-0.2, 0) is 0 Å². The van der Waals surface area contributed by atoms with Gasteiger partial charge in [-0.3, -0.25) is 4.79 Å². The Morgan fingerprint density at radius 3 is 3.00 bits per heavy atom. The standard InChI is InChI=1S/C13H12ClFN4O2/c14-10-12(19-4-2-8(20)6-19)17-11(18-13(10)21)7-1-3-16-9(15)5-7/h1,3,5,8,20H,2,4,6H2,(H,17,18,21)/t8-/m1/s1. The molecule has 21 heavy (non-hydrogen) atoms. The molecular formula is C13H12ClFN4O2. The minimum atomic E-state index is -0.664. The van der Waals surface area contributed by atoms with Gasteiger partial charge in [-0.2, -0.15) is 4.39 Å². The monoisotopic (exact) mass is 310 g/mol. The molecule has 3 heterocycles. The van der Waals surface area contributed by atoms with Crippen LogP contribution >= 0.6 is 11.6 Å². The van der Waals surface area contributed by atoms with E-state index in [1.54, 1.807) is 4.90 Å². The van der Waals surface area contributed by atoms with Crippen LogP contribution in [0.25, 0.3) is 11.4 Å². The van der Waals surface area contributed by atoms with Crippen molar-refractivity contribution in [2.45, 2.75) is 12.5 Å². The summed E-state index contributed by atoms with van der Waals surface area (Å²) < 4.78 is 13.2. The predicted molar refractivity (Wildman–Crippen MR) is 75.9 cm³/mol. The van der Waals surface area contributed by atoms with E-state index in [9.17, 15) is 14.3 Å². The fraction of sp³-hybridized carbons (Fsp3) is 0.308. The molecular weight excluding hydrogens is 299 g/mol. The Kier molecular flexibility index (Phi) is 3.60. The number of hydrogen-bond acceptors (Lipinski definition) is 5. The molecule has 0 aliphatic carbocycles. The zero-order chi connectivity index (χ0) is 15.0. The van der Waals surface area contributed by atoms with Crippen LogP contribution in [0.1, 0.15) is 6.42 Å². The van der Waals surface area contributed by atoms with E-state index >= 15 is 0 Å². The largest absolute Gasteiger partial charge is 0.391 e. The Balaban J connectivity index is 2.07. The van der Waals surface area contributed by atoms with Crippen molar-refractivity contribution in [1.82, 2.24) is 15.0 Å². The van der Waals surface area contributed by atoms with Gasteiger partial charge in [0.1, 0.15) is 10.8 Å². The molecule has 0 saturated carbocycles. The van der Waals surface area contributed by atoms with Crippen LogP contribution in [-0.4, -0.2) is 39.3 Å². The predicted octanol–water partition coefficient (Wildman–Crippen LogP) is 1.20. The lowest BCUT2D eigenvalue weighted by Gasteiger charge is -2.18. The van der Waals surface area contributed by atoms with Gasteiger partial charge in [-0.05, 0) is 12.5 Å². The lowest BCUT2D eigenvalue weighted by atomic mass is 10.2. The van der Waals surface area contributed by atoms with Gasteiger partial charge in [-0.1, -0.05) is 11.6 Å². The molecule has 110 valence electrons. The van der Waals surface area contributed by atoms with Crippen molar-refractivity contribution in [2.24, 2.45) is 0 Å². The molecule has 2 N–H and O–H groups in total. The molecule has 1 atom stereocenters. The maximum absolute atomic E-state index is 13.2. The SMILES string of the molecule is O=c1[nH]c(-c2ccnc(F)c2)nc(N2CC[C@@H](O)C2)c1Cl. The number of nitrogens with one attached hydrogen (secondary N) is 1. The first kappa shape index (κ1) is 14.0. The molecule has 0 aromatic carbocycles. The van der Waals surface area contributed by atoms with Crippen molar-refractivity contribution in [2.75, 3.05) is 18.0 Å². The summed E-state index contributed by atoms with van der Waals surface area (Å²) in [4.78, 5) is 23.9. The molecule has 6 nitrogen and oxygen atoms in total. The molecule has 1 aliphatic heterocycles. The minimum Gasteiger partial charge on any atom is -0.391 e. The Labute approximate surface area is 124 Å². The summed E-state index contributed by atoms with van der Waals surface area (Å²) in [5, 5.41) is 9.55. The van der Waals surface area contributed by atoms with Crippen LogP contribution in [0.4, 0.5) is 10.2 Å². The number of H-pyrrole nitrogens is 1. The molecule has 3 rings (SSSR count). The van der Waals surface area contributed by atoms with E-state index in [1.807, 2.05) is 0 Å². The third-order valence-electron chi connectivity index (χ3n) is 3.31. The molecule has 0 amide bonds. The number of rotatable bonds is 2. The summed E-state index contributed by atoms with van der Waals surface area (Å²) in [6, 6.07) is 2.71. The minimum absolute atomic E-state index is 0.0395. The summed E-state index contributed by atoms with van der Waals surface area (Å²) in [5.74, 6) is -0.158. The number of anilines is 1. The van der Waals surface area contributed by atoms with Gasteiger partial charge < -0.3 is 15.0 Å². The summed E-state index contributed by atoms with van der Waals surface area (Å²) in [5.41, 5.74) is -0.104. The van der Waals surface area contributed by atoms with Gasteiger partial charge >= 0.3 is 0 Å². The zero-order valence-corrected chi connectivity index (χ0v) is 11.6. The van der Waals surface area contributed by atoms with Crippen LogP contribution in [0.5, 0.6) is 0 Å². The van der Waals surface area contributed by atoms with E-state index in [2.05, 4.69) is 15.0 Å². The molecule has 0 radical (unpaired) electrons. The fourth-order valence-electron chi connectivity index (χ4n) is 2.28. The van der Waals surface area contributed by atoms with Crippen molar-refractivity contribution in [3.8, 4) is 11.4 Å². The highest BCUT2D eigenvalue weighted by atomic mass is 35.5. The molecule has 0 bridgehead atoms. The van der Waals surface area contributed by atoms with Gasteiger partial charge in [0.15, 0.2) is 5.82 Å². The number of aliphatic hydroxyl groups excluding tert-OH is 1. The maximum atomic E-state index is 13.2. The first-order valence-corrected chi connectivity index (χ1v) is 6.77. The number of hydrogen-bond donors (Lipinski definition) is 2. The molecule has 1 saturated heterocycles. The van der Waals surface area contributed by atoms with Crippen molar-refractivity contribution < 1.29 is 9.50 Å². The first-order valence-electron chi connectivity index (χ1n) is 6.39. The summed E-state index contributed by atoms with van der Waals surface area (Å²) in [7, 11) is 0. The Bertz CT molecular complexity index is 736. The van der Waals surface area contributed by atoms with Crippen LogP contribution < -0.4 is 10.5 Å². The highest BCUT2D eigenvalue weighted by molar-refractivity contribution is 6.32. The second-order valence-corrected chi connectivity index (χ2v) is 5.19. The number of aromatic amines is 1. The average Bonchev–Trinajstić information content (AvgIpc) is 2.88. The number of aliphatic hydroxyl groups is 1. The van der Waals surface area contributed by atoms with E-state index in [1.165, 1.54) is 18.3 Å². The van der Waals surface area contributed by atoms with Gasteiger partial charge in [0.2, 0.25) is 5.95 Å². The van der Waals surface area contributed by atoms with Crippen LogP contribution in [0.3, 0.4) is 0 Å². The highest BCUT2D eigenvalue weighted by Gasteiger charge is 2.25. The Morgan fingerprint density at radius 2 is 2.33 bits per heavy atom. The van der Waals surface area contributed by atoms with Gasteiger partial charge in [0.25, 0.3) is 5.56 Å². The number of halogens is 2. The lowest BCUT2D eigenvalue weighted by Crippen LogP contribution is -2.25. The van der Waals surface area contributed by atoms with Crippen LogP contribution in [0.15, 0.2) is 23.1 Å². The average molecular weight is 311 g/mol. The second-order valence-electron chi connectivity index (χ2n) is 4.81. The third-order valence-corrected chi connectivity index (χ3v) is 3.65. The zero-order valence-electron chi connectivity index (χ0n) is 10.9. The van der Waals surface area contributed by atoms with Crippen molar-refractivity contribution in [3.05, 3.63) is 39.7 Å². The van der Waals surface area contributed by atoms with Crippen molar-refractivity contribution >= 4 is 17.4 Å². The van der Waals surface area contributed by atoms with E-state index in [4.69, 9.17) is 11.6 Å². The third kappa shape index (κ3) is 2.74. The Morgan fingerprint density at radius 1 is 1.52 bits per heavy atom. The normalized spacial score (nSPS) is 18.2. The molecule has 1 aliphatic rings. The molecule has 2 aromatic heterocycles. The molecule has 8 heteroatoms. The summed E-state index contributed by atoms with van der Waals surface area (Å²) >= 11 is 6.00. The quantitative estimate of drug-likeness (QED) is 0.814. The van der Waals surface area contributed by atoms with Crippen LogP contribution in [0, 0.1) is 5.95 Å². The van der Waals surface area contributed by atoms with Gasteiger partial charge in [-0.25, -0.2) is 9.97 Å². The number of β-amino-alcohol motifs (C(OH)–C–C–N with tert-alkyl or cyclic N) is 1. The van der Waals surface area contributed by atoms with Crippen molar-refractivity contribution in [1.29, 1.82) is 0 Å². The van der Waals surface area contributed by atoms with Gasteiger partial charge in [0, 0.05) is 30.9 Å². The lowest BCUT2D eigenvalue weighted by molar-refractivity contribution is 0.198. The van der Waals surface area contributed by atoms with Gasteiger partial charge in [-0.15, -0.1) is 0 Å². The van der Waals surface area contributed by atoms with E-state index in [-0.39, 0.29) is 10.8 Å². The first-order chi connectivity index (χ1) is 10.0. The molecule has 1 fully saturated rings. The second kappa shape index (κ2) is 5.42. The van der Waals surface area contributed by atoms with E-state index in [0.29, 0.717) is 30.9 Å². The Hall–Kier alpha value is -1.99. The number of aromatic nitrogens is 3. The molecule has 0 spiro atoms. The summed E-state index contributed by atoms with van der Waals surface area (Å²) in [6.45, 7) is 0.918. The van der Waals surface area contributed by atoms with E-state index < -0.39 is 17.6 Å². The molecule has 0 unspecified atom stereocenters. The van der Waals surface area contributed by atoms with Crippen LogP contribution in [0.2, 0.25) is 5.02 Å². The van der Waals surface area contributed by atoms with Gasteiger partial charge in [0.05, 0.1) is 6.10 Å². The fourth-order valence-corrected chi connectivity index (χ4v) is 2.49. The highest BCUT2D eigenvalue weighted by Crippen LogP contribution is 2.26. The topological polar surface area (TPSA) is 82.1 Å². The smallest absolute Gasteiger partial charge is 0.272 e. The number of pyridine rings is 1. The van der Waals surface area contributed by atoms with E-state index in [0.717, 1.165) is 0 Å². The maximum Gasteiger partial charge on any atom is 0.272 e. The van der Waals surface area contributed by atoms with Crippen molar-refractivity contribution in [3.63, 3.8) is 0 Å². The summed E-state index contributed by atoms with van der Waals surface area (Å²) in [6.07, 6.45) is 1.41.